The Kier molecular flexibility index (Phi) is 2.78. The van der Waals surface area contributed by atoms with Gasteiger partial charge in [0.2, 0.25) is 0 Å². The van der Waals surface area contributed by atoms with Crippen molar-refractivity contribution in [3.05, 3.63) is 0 Å². The fraction of sp³-hybridized carbons (Fsp3) is 1.00. The van der Waals surface area contributed by atoms with Gasteiger partial charge in [-0.25, -0.2) is 8.78 Å². The van der Waals surface area contributed by atoms with Gasteiger partial charge in [-0.1, -0.05) is 13.3 Å². The van der Waals surface area contributed by atoms with Gasteiger partial charge >= 0.3 is 0 Å². The number of aliphatic hydroxyl groups is 1. The predicted molar refractivity (Wildman–Crippen MR) is 58.3 cm³/mol. The zero-order valence-electron chi connectivity index (χ0n) is 9.81. The summed E-state index contributed by atoms with van der Waals surface area (Å²) in [5.74, 6) is -2.03. The first kappa shape index (κ1) is 12.2. The van der Waals surface area contributed by atoms with Crippen molar-refractivity contribution >= 4 is 0 Å². The normalized spacial score (nSPS) is 41.4. The molecule has 0 aromatic carbocycles. The molecule has 2 rings (SSSR count). The van der Waals surface area contributed by atoms with Crippen molar-refractivity contribution in [2.45, 2.75) is 68.9 Å². The fourth-order valence-electron chi connectivity index (χ4n) is 3.26. The van der Waals surface area contributed by atoms with Gasteiger partial charge in [0.15, 0.2) is 0 Å². The van der Waals surface area contributed by atoms with E-state index in [1.807, 2.05) is 0 Å². The summed E-state index contributed by atoms with van der Waals surface area (Å²) in [6, 6.07) is 0. The largest absolute Gasteiger partial charge is 0.388 e. The van der Waals surface area contributed by atoms with Crippen LogP contribution in [0.2, 0.25) is 0 Å². The summed E-state index contributed by atoms with van der Waals surface area (Å²) in [4.78, 5) is 0. The quantitative estimate of drug-likeness (QED) is 0.769. The Labute approximate surface area is 95.2 Å². The summed E-state index contributed by atoms with van der Waals surface area (Å²) < 4.78 is 25.8. The number of hydrogen-bond donors (Lipinski definition) is 2. The van der Waals surface area contributed by atoms with Crippen LogP contribution in [0.3, 0.4) is 0 Å². The molecule has 0 atom stereocenters. The van der Waals surface area contributed by atoms with Crippen LogP contribution in [0.15, 0.2) is 0 Å². The molecule has 2 nitrogen and oxygen atoms in total. The van der Waals surface area contributed by atoms with Gasteiger partial charge in [-0.2, -0.15) is 0 Å². The summed E-state index contributed by atoms with van der Waals surface area (Å²) >= 11 is 0. The Bertz CT molecular complexity index is 264. The van der Waals surface area contributed by atoms with E-state index in [1.54, 1.807) is 0 Å². The maximum Gasteiger partial charge on any atom is 0.251 e. The molecule has 0 bridgehead atoms. The third-order valence-electron chi connectivity index (χ3n) is 4.58. The van der Waals surface area contributed by atoms with Crippen LogP contribution in [0.5, 0.6) is 0 Å². The number of hydrogen-bond acceptors (Lipinski definition) is 2. The molecule has 0 unspecified atom stereocenters. The van der Waals surface area contributed by atoms with Gasteiger partial charge in [-0.3, -0.25) is 0 Å². The highest BCUT2D eigenvalue weighted by Gasteiger charge is 2.63. The Morgan fingerprint density at radius 2 is 1.75 bits per heavy atom. The van der Waals surface area contributed by atoms with E-state index in [1.165, 1.54) is 0 Å². The minimum atomic E-state index is -2.66. The molecule has 0 saturated heterocycles. The smallest absolute Gasteiger partial charge is 0.251 e. The third-order valence-corrected chi connectivity index (χ3v) is 4.58. The molecule has 2 saturated carbocycles. The van der Waals surface area contributed by atoms with Gasteiger partial charge in [0.05, 0.1) is 11.1 Å². The van der Waals surface area contributed by atoms with Gasteiger partial charge < -0.3 is 10.8 Å². The van der Waals surface area contributed by atoms with Gasteiger partial charge in [0.1, 0.15) is 0 Å². The lowest BCUT2D eigenvalue weighted by atomic mass is 9.58. The summed E-state index contributed by atoms with van der Waals surface area (Å²) in [5.41, 5.74) is 3.84. The zero-order chi connectivity index (χ0) is 12.0. The second kappa shape index (κ2) is 3.64. The number of alkyl halides is 2. The lowest BCUT2D eigenvalue weighted by Crippen LogP contribution is -2.71. The van der Waals surface area contributed by atoms with E-state index in [4.69, 9.17) is 5.73 Å². The highest BCUT2D eigenvalue weighted by Crippen LogP contribution is 2.53. The Hall–Kier alpha value is -0.220. The first-order valence-electron chi connectivity index (χ1n) is 6.19. The summed E-state index contributed by atoms with van der Waals surface area (Å²) in [7, 11) is 0. The molecular formula is C12H21F2NO. The maximum atomic E-state index is 12.9. The molecule has 2 aliphatic carbocycles. The zero-order valence-corrected chi connectivity index (χ0v) is 9.81. The molecule has 0 aromatic rings. The van der Waals surface area contributed by atoms with Crippen molar-refractivity contribution in [3.63, 3.8) is 0 Å². The second-order valence-electron chi connectivity index (χ2n) is 5.75. The van der Waals surface area contributed by atoms with Crippen LogP contribution in [0, 0.1) is 5.92 Å². The van der Waals surface area contributed by atoms with E-state index in [0.717, 1.165) is 19.3 Å². The Morgan fingerprint density at radius 1 is 1.25 bits per heavy atom. The lowest BCUT2D eigenvalue weighted by molar-refractivity contribution is -0.201. The van der Waals surface area contributed by atoms with Crippen molar-refractivity contribution in [2.75, 3.05) is 0 Å². The SMILES string of the molecule is CCC1CCC(O)(C2(N)CC(F)(F)C2)CC1. The molecule has 0 amide bonds. The Balaban J connectivity index is 2.00. The van der Waals surface area contributed by atoms with E-state index < -0.39 is 17.1 Å². The molecule has 2 fully saturated rings. The number of rotatable bonds is 2. The topological polar surface area (TPSA) is 46.2 Å². The maximum absolute atomic E-state index is 12.9. The van der Waals surface area contributed by atoms with Crippen molar-refractivity contribution in [1.29, 1.82) is 0 Å². The van der Waals surface area contributed by atoms with E-state index >= 15 is 0 Å². The standard InChI is InChI=1S/C12H21F2NO/c1-2-9-3-5-11(16,6-4-9)10(15)7-12(13,14)8-10/h9,16H,2-8,15H2,1H3. The van der Waals surface area contributed by atoms with E-state index in [9.17, 15) is 13.9 Å². The molecule has 0 radical (unpaired) electrons. The van der Waals surface area contributed by atoms with E-state index in [-0.39, 0.29) is 12.8 Å². The molecule has 0 heterocycles. The van der Waals surface area contributed by atoms with E-state index in [0.29, 0.717) is 18.8 Å². The minimum Gasteiger partial charge on any atom is -0.388 e. The molecule has 16 heavy (non-hydrogen) atoms. The first-order chi connectivity index (χ1) is 7.30. The van der Waals surface area contributed by atoms with Crippen LogP contribution in [0.1, 0.15) is 51.9 Å². The molecule has 0 spiro atoms. The highest BCUT2D eigenvalue weighted by molar-refractivity contribution is 5.15. The summed E-state index contributed by atoms with van der Waals surface area (Å²) in [6.45, 7) is 2.13. The van der Waals surface area contributed by atoms with Crippen molar-refractivity contribution < 1.29 is 13.9 Å². The number of halogens is 2. The van der Waals surface area contributed by atoms with Crippen LogP contribution in [-0.4, -0.2) is 22.2 Å². The van der Waals surface area contributed by atoms with Crippen LogP contribution in [-0.2, 0) is 0 Å². The average Bonchev–Trinajstić information content (AvgIpc) is 2.16. The molecule has 0 aliphatic heterocycles. The molecular weight excluding hydrogens is 212 g/mol. The minimum absolute atomic E-state index is 0.354. The fourth-order valence-corrected chi connectivity index (χ4v) is 3.26. The van der Waals surface area contributed by atoms with Crippen molar-refractivity contribution in [2.24, 2.45) is 11.7 Å². The first-order valence-corrected chi connectivity index (χ1v) is 6.19. The molecule has 3 N–H and O–H groups in total. The summed E-state index contributed by atoms with van der Waals surface area (Å²) in [6.07, 6.45) is 3.38. The van der Waals surface area contributed by atoms with Gasteiger partial charge in [0.25, 0.3) is 5.92 Å². The third kappa shape index (κ3) is 1.86. The lowest BCUT2D eigenvalue weighted by Gasteiger charge is -2.56. The average molecular weight is 233 g/mol. The van der Waals surface area contributed by atoms with E-state index in [2.05, 4.69) is 6.92 Å². The molecule has 94 valence electrons. The van der Waals surface area contributed by atoms with Crippen LogP contribution in [0.4, 0.5) is 8.78 Å². The van der Waals surface area contributed by atoms with Crippen molar-refractivity contribution in [1.82, 2.24) is 0 Å². The predicted octanol–water partition coefficient (Wildman–Crippen LogP) is 2.44. The van der Waals surface area contributed by atoms with Gasteiger partial charge in [-0.05, 0) is 31.6 Å². The van der Waals surface area contributed by atoms with Gasteiger partial charge in [0, 0.05) is 12.8 Å². The monoisotopic (exact) mass is 233 g/mol. The molecule has 2 aliphatic rings. The highest BCUT2D eigenvalue weighted by atomic mass is 19.3. The Morgan fingerprint density at radius 3 is 2.12 bits per heavy atom. The van der Waals surface area contributed by atoms with Crippen molar-refractivity contribution in [3.8, 4) is 0 Å². The molecule has 0 aromatic heterocycles. The van der Waals surface area contributed by atoms with Gasteiger partial charge in [-0.15, -0.1) is 0 Å². The second-order valence-corrected chi connectivity index (χ2v) is 5.75. The van der Waals surface area contributed by atoms with Crippen LogP contribution in [0.25, 0.3) is 0 Å². The number of nitrogens with two attached hydrogens (primary N) is 1. The van der Waals surface area contributed by atoms with Crippen LogP contribution < -0.4 is 5.73 Å². The van der Waals surface area contributed by atoms with Crippen LogP contribution >= 0.6 is 0 Å². The molecule has 4 heteroatoms. The summed E-state index contributed by atoms with van der Waals surface area (Å²) in [5, 5.41) is 10.4.